The normalized spacial score (nSPS) is 11.2. The van der Waals surface area contributed by atoms with E-state index in [1.807, 2.05) is 85.1 Å². The number of rotatable bonds is 6. The van der Waals surface area contributed by atoms with Crippen LogP contribution < -0.4 is 4.74 Å². The van der Waals surface area contributed by atoms with E-state index in [0.717, 1.165) is 34.0 Å². The molecule has 0 amide bonds. The molecule has 150 valence electrons. The molecule has 0 bridgehead atoms. The number of aromatic amines is 1. The molecule has 2 aromatic heterocycles. The number of nitrogens with zero attached hydrogens (tertiary/aromatic N) is 2. The van der Waals surface area contributed by atoms with Gasteiger partial charge in [0.05, 0.1) is 0 Å². The maximum Gasteiger partial charge on any atom is 0.202 e. The summed E-state index contributed by atoms with van der Waals surface area (Å²) in [5, 5.41) is 0. The Bertz CT molecular complexity index is 1200. The minimum absolute atomic E-state index is 0.746. The van der Waals surface area contributed by atoms with Gasteiger partial charge in [-0.1, -0.05) is 78.9 Å². The molecule has 0 aliphatic carbocycles. The molecule has 0 aliphatic heterocycles. The van der Waals surface area contributed by atoms with E-state index in [1.165, 1.54) is 0 Å². The van der Waals surface area contributed by atoms with Gasteiger partial charge < -0.3 is 9.72 Å². The molecule has 4 nitrogen and oxygen atoms in total. The zero-order valence-corrected chi connectivity index (χ0v) is 16.8. The molecule has 0 radical (unpaired) electrons. The fourth-order valence-corrected chi connectivity index (χ4v) is 3.91. The molecule has 5 aromatic rings. The fourth-order valence-electron chi connectivity index (χ4n) is 3.91. The third-order valence-corrected chi connectivity index (χ3v) is 5.27. The van der Waals surface area contributed by atoms with Gasteiger partial charge in [-0.15, -0.1) is 0 Å². The highest BCUT2D eigenvalue weighted by atomic mass is 16.5. The van der Waals surface area contributed by atoms with Gasteiger partial charge in [-0.05, 0) is 24.3 Å². The van der Waals surface area contributed by atoms with Crippen molar-refractivity contribution in [2.24, 2.45) is 0 Å². The van der Waals surface area contributed by atoms with Crippen LogP contribution in [0.25, 0.3) is 11.4 Å². The molecule has 31 heavy (non-hydrogen) atoms. The van der Waals surface area contributed by atoms with E-state index in [1.54, 1.807) is 12.4 Å². The molecular formula is C27H21N3O. The van der Waals surface area contributed by atoms with Gasteiger partial charge in [-0.25, -0.2) is 4.98 Å². The Kier molecular flexibility index (Phi) is 5.03. The van der Waals surface area contributed by atoms with Crippen LogP contribution in [0.2, 0.25) is 0 Å². The molecule has 0 fully saturated rings. The van der Waals surface area contributed by atoms with Crippen LogP contribution in [0.5, 0.6) is 5.75 Å². The van der Waals surface area contributed by atoms with Crippen molar-refractivity contribution < 1.29 is 4.74 Å². The Morgan fingerprint density at radius 1 is 0.613 bits per heavy atom. The number of ether oxygens (including phenoxy) is 1. The molecule has 0 aliphatic rings. The number of H-pyrrole nitrogens is 1. The molecule has 4 heteroatoms. The summed E-state index contributed by atoms with van der Waals surface area (Å²) in [5.41, 5.74) is 2.64. The van der Waals surface area contributed by atoms with Crippen molar-refractivity contribution in [2.45, 2.75) is 5.60 Å². The second kappa shape index (κ2) is 8.28. The van der Waals surface area contributed by atoms with Gasteiger partial charge in [0.25, 0.3) is 0 Å². The lowest BCUT2D eigenvalue weighted by Crippen LogP contribution is -2.37. The molecule has 1 N–H and O–H groups in total. The summed E-state index contributed by atoms with van der Waals surface area (Å²) >= 11 is 0. The smallest absolute Gasteiger partial charge is 0.202 e. The second-order valence-corrected chi connectivity index (χ2v) is 7.17. The first-order valence-electron chi connectivity index (χ1n) is 10.2. The lowest BCUT2D eigenvalue weighted by atomic mass is 9.80. The summed E-state index contributed by atoms with van der Waals surface area (Å²) in [6, 6.07) is 34.2. The average molecular weight is 403 g/mol. The van der Waals surface area contributed by atoms with Gasteiger partial charge in [-0.2, -0.15) is 0 Å². The minimum Gasteiger partial charge on any atom is -0.471 e. The van der Waals surface area contributed by atoms with Crippen molar-refractivity contribution in [3.05, 3.63) is 139 Å². The number of aromatic nitrogens is 3. The summed E-state index contributed by atoms with van der Waals surface area (Å²) < 4.78 is 6.89. The first kappa shape index (κ1) is 18.8. The summed E-state index contributed by atoms with van der Waals surface area (Å²) in [4.78, 5) is 12.6. The van der Waals surface area contributed by atoms with E-state index in [2.05, 4.69) is 34.2 Å². The van der Waals surface area contributed by atoms with Crippen LogP contribution in [0.1, 0.15) is 16.8 Å². The van der Waals surface area contributed by atoms with Crippen LogP contribution in [-0.2, 0) is 5.60 Å². The van der Waals surface area contributed by atoms with Crippen molar-refractivity contribution in [1.82, 2.24) is 15.0 Å². The monoisotopic (exact) mass is 403 g/mol. The summed E-state index contributed by atoms with van der Waals surface area (Å²) in [6.07, 6.45) is 5.37. The Morgan fingerprint density at radius 3 is 1.81 bits per heavy atom. The van der Waals surface area contributed by atoms with Crippen LogP contribution in [0.15, 0.2) is 122 Å². The van der Waals surface area contributed by atoms with Gasteiger partial charge in [0, 0.05) is 35.3 Å². The number of para-hydroxylation sites is 1. The Hall–Kier alpha value is -4.18. The number of imidazole rings is 1. The maximum absolute atomic E-state index is 6.89. The average Bonchev–Trinajstić information content (AvgIpc) is 3.39. The molecule has 0 atom stereocenters. The van der Waals surface area contributed by atoms with Crippen molar-refractivity contribution >= 4 is 0 Å². The summed E-state index contributed by atoms with van der Waals surface area (Å²) in [7, 11) is 0. The molecule has 0 spiro atoms. The highest BCUT2D eigenvalue weighted by Crippen LogP contribution is 2.43. The van der Waals surface area contributed by atoms with Crippen molar-refractivity contribution in [1.29, 1.82) is 0 Å². The van der Waals surface area contributed by atoms with Crippen LogP contribution in [0, 0.1) is 0 Å². The molecule has 2 heterocycles. The van der Waals surface area contributed by atoms with Crippen LogP contribution in [0.4, 0.5) is 0 Å². The lowest BCUT2D eigenvalue weighted by molar-refractivity contribution is 0.151. The third kappa shape index (κ3) is 3.49. The van der Waals surface area contributed by atoms with Crippen molar-refractivity contribution in [3.63, 3.8) is 0 Å². The van der Waals surface area contributed by atoms with Crippen LogP contribution in [0.3, 0.4) is 0 Å². The zero-order valence-electron chi connectivity index (χ0n) is 16.8. The van der Waals surface area contributed by atoms with E-state index in [-0.39, 0.29) is 0 Å². The topological polar surface area (TPSA) is 50.8 Å². The molecule has 0 unspecified atom stereocenters. The van der Waals surface area contributed by atoms with E-state index < -0.39 is 5.60 Å². The predicted octanol–water partition coefficient (Wildman–Crippen LogP) is 5.84. The van der Waals surface area contributed by atoms with E-state index in [0.29, 0.717) is 0 Å². The zero-order chi connectivity index (χ0) is 20.9. The standard InChI is InChI=1S/C27H21N3O/c1-4-11-21(12-5-1)27(22-13-6-2-7-14-22,31-23-15-8-3-9-16-23)25-24(17-10-18-28-25)26-29-19-20-30-26/h1-20H,(H,29,30). The minimum atomic E-state index is -0.979. The summed E-state index contributed by atoms with van der Waals surface area (Å²) in [5.74, 6) is 1.50. The first-order chi connectivity index (χ1) is 15.4. The molecular weight excluding hydrogens is 382 g/mol. The highest BCUT2D eigenvalue weighted by Gasteiger charge is 2.42. The fraction of sp³-hybridized carbons (Fsp3) is 0.0370. The molecule has 0 saturated heterocycles. The third-order valence-electron chi connectivity index (χ3n) is 5.27. The van der Waals surface area contributed by atoms with Gasteiger partial charge in [0.2, 0.25) is 5.60 Å². The predicted molar refractivity (Wildman–Crippen MR) is 122 cm³/mol. The van der Waals surface area contributed by atoms with Crippen molar-refractivity contribution in [3.8, 4) is 17.1 Å². The number of pyridine rings is 1. The van der Waals surface area contributed by atoms with Gasteiger partial charge >= 0.3 is 0 Å². The van der Waals surface area contributed by atoms with E-state index >= 15 is 0 Å². The number of benzene rings is 3. The van der Waals surface area contributed by atoms with Gasteiger partial charge in [0.15, 0.2) is 0 Å². The molecule has 0 saturated carbocycles. The van der Waals surface area contributed by atoms with Crippen LogP contribution >= 0.6 is 0 Å². The SMILES string of the molecule is c1ccc(OC(c2ccccc2)(c2ccccc2)c2ncccc2-c2ncc[nH]2)cc1. The van der Waals surface area contributed by atoms with E-state index in [9.17, 15) is 0 Å². The van der Waals surface area contributed by atoms with Gasteiger partial charge in [-0.3, -0.25) is 4.98 Å². The second-order valence-electron chi connectivity index (χ2n) is 7.17. The van der Waals surface area contributed by atoms with Gasteiger partial charge in [0.1, 0.15) is 17.3 Å². The lowest BCUT2D eigenvalue weighted by Gasteiger charge is -2.36. The van der Waals surface area contributed by atoms with E-state index in [4.69, 9.17) is 9.72 Å². The number of hydrogen-bond acceptors (Lipinski definition) is 3. The van der Waals surface area contributed by atoms with Crippen molar-refractivity contribution in [2.75, 3.05) is 0 Å². The molecule has 5 rings (SSSR count). The Labute approximate surface area is 181 Å². The summed E-state index contributed by atoms with van der Waals surface area (Å²) in [6.45, 7) is 0. The highest BCUT2D eigenvalue weighted by molar-refractivity contribution is 5.64. The van der Waals surface area contributed by atoms with Crippen LogP contribution in [-0.4, -0.2) is 15.0 Å². The first-order valence-corrected chi connectivity index (χ1v) is 10.2. The maximum atomic E-state index is 6.89. The number of hydrogen-bond donors (Lipinski definition) is 1. The number of nitrogens with one attached hydrogen (secondary N) is 1. The molecule has 3 aromatic carbocycles. The quantitative estimate of drug-likeness (QED) is 0.387. The largest absolute Gasteiger partial charge is 0.471 e. The Balaban J connectivity index is 1.85. The Morgan fingerprint density at radius 2 is 1.23 bits per heavy atom.